The highest BCUT2D eigenvalue weighted by Crippen LogP contribution is 2.21. The Hall–Kier alpha value is -2.87. The molecule has 0 saturated carbocycles. The normalized spacial score (nSPS) is 19.4. The van der Waals surface area contributed by atoms with Crippen LogP contribution in [0.3, 0.4) is 0 Å². The monoisotopic (exact) mass is 360 g/mol. The molecule has 0 unspecified atom stereocenters. The van der Waals surface area contributed by atoms with Crippen LogP contribution in [0.15, 0.2) is 65.6 Å². The van der Waals surface area contributed by atoms with Crippen molar-refractivity contribution in [1.82, 2.24) is 10.6 Å². The van der Waals surface area contributed by atoms with Gasteiger partial charge in [0.2, 0.25) is 15.7 Å². The number of hydrogen-bond acceptors (Lipinski definition) is 5. The van der Waals surface area contributed by atoms with Crippen LogP contribution in [0, 0.1) is 0 Å². The third kappa shape index (κ3) is 3.63. The van der Waals surface area contributed by atoms with Gasteiger partial charge < -0.3 is 15.4 Å². The number of para-hydroxylation sites is 1. The molecule has 1 aliphatic heterocycles. The van der Waals surface area contributed by atoms with Gasteiger partial charge in [-0.1, -0.05) is 36.4 Å². The summed E-state index contributed by atoms with van der Waals surface area (Å²) in [7, 11) is -3.78. The summed E-state index contributed by atoms with van der Waals surface area (Å²) in [6.07, 6.45) is 0. The zero-order valence-electron chi connectivity index (χ0n) is 13.1. The molecule has 2 aromatic rings. The number of β-lactam (4-membered cyclic amide) rings is 1. The highest BCUT2D eigenvalue weighted by molar-refractivity contribution is 7.92. The van der Waals surface area contributed by atoms with Gasteiger partial charge in [-0.2, -0.15) is 0 Å². The Balaban J connectivity index is 1.63. The third-order valence-corrected chi connectivity index (χ3v) is 5.69. The number of ether oxygens (including phenoxy) is 1. The number of benzene rings is 2. The van der Waals surface area contributed by atoms with Crippen molar-refractivity contribution < 1.29 is 22.7 Å². The smallest absolute Gasteiger partial charge is 0.258 e. The minimum Gasteiger partial charge on any atom is -0.484 e. The maximum atomic E-state index is 12.5. The third-order valence-electron chi connectivity index (χ3n) is 3.71. The first-order valence-corrected chi connectivity index (χ1v) is 9.09. The SMILES string of the molecule is O=C(COc1ccccc1)N[C@@H]1C(=O)N[C@@H]1S(=O)(=O)c1ccccc1. The highest BCUT2D eigenvalue weighted by atomic mass is 32.2. The first kappa shape index (κ1) is 17.0. The molecule has 1 saturated heterocycles. The predicted octanol–water partition coefficient (Wildman–Crippen LogP) is 0.480. The van der Waals surface area contributed by atoms with E-state index in [0.29, 0.717) is 5.75 Å². The molecule has 2 atom stereocenters. The van der Waals surface area contributed by atoms with Crippen LogP contribution >= 0.6 is 0 Å². The quantitative estimate of drug-likeness (QED) is 0.730. The second-order valence-electron chi connectivity index (χ2n) is 5.43. The molecule has 1 aliphatic rings. The molecule has 0 aliphatic carbocycles. The summed E-state index contributed by atoms with van der Waals surface area (Å²) in [5.74, 6) is -0.612. The average molecular weight is 360 g/mol. The van der Waals surface area contributed by atoms with Crippen molar-refractivity contribution in [2.24, 2.45) is 0 Å². The molecule has 3 rings (SSSR count). The van der Waals surface area contributed by atoms with E-state index in [1.165, 1.54) is 12.1 Å². The predicted molar refractivity (Wildman–Crippen MR) is 89.4 cm³/mol. The van der Waals surface area contributed by atoms with Gasteiger partial charge >= 0.3 is 0 Å². The Morgan fingerprint density at radius 3 is 2.24 bits per heavy atom. The van der Waals surface area contributed by atoms with Gasteiger partial charge in [0.1, 0.15) is 11.8 Å². The number of amides is 2. The van der Waals surface area contributed by atoms with Crippen molar-refractivity contribution in [3.05, 3.63) is 60.7 Å². The van der Waals surface area contributed by atoms with Crippen LogP contribution in [0.1, 0.15) is 0 Å². The van der Waals surface area contributed by atoms with Gasteiger partial charge in [0.15, 0.2) is 12.0 Å². The van der Waals surface area contributed by atoms with Crippen LogP contribution < -0.4 is 15.4 Å². The molecule has 2 N–H and O–H groups in total. The molecule has 2 aromatic carbocycles. The Morgan fingerprint density at radius 2 is 1.64 bits per heavy atom. The second kappa shape index (κ2) is 6.94. The highest BCUT2D eigenvalue weighted by Gasteiger charge is 2.49. The van der Waals surface area contributed by atoms with Crippen LogP contribution in [0.25, 0.3) is 0 Å². The molecule has 2 amide bonds. The molecule has 0 spiro atoms. The Bertz CT molecular complexity index is 868. The summed E-state index contributed by atoms with van der Waals surface area (Å²) in [6, 6.07) is 15.3. The molecule has 1 fully saturated rings. The van der Waals surface area contributed by atoms with E-state index in [4.69, 9.17) is 4.74 Å². The van der Waals surface area contributed by atoms with Gasteiger partial charge in [0.25, 0.3) is 5.91 Å². The van der Waals surface area contributed by atoms with E-state index in [0.717, 1.165) is 0 Å². The maximum absolute atomic E-state index is 12.5. The van der Waals surface area contributed by atoms with E-state index in [-0.39, 0.29) is 11.5 Å². The maximum Gasteiger partial charge on any atom is 0.258 e. The zero-order chi connectivity index (χ0) is 17.9. The number of nitrogens with one attached hydrogen (secondary N) is 2. The van der Waals surface area contributed by atoms with Gasteiger partial charge in [0.05, 0.1) is 4.90 Å². The van der Waals surface area contributed by atoms with Crippen LogP contribution in [0.4, 0.5) is 0 Å². The van der Waals surface area contributed by atoms with Gasteiger partial charge in [0, 0.05) is 0 Å². The summed E-state index contributed by atoms with van der Waals surface area (Å²) < 4.78 is 30.4. The molecule has 130 valence electrons. The minimum absolute atomic E-state index is 0.0831. The van der Waals surface area contributed by atoms with E-state index in [2.05, 4.69) is 10.6 Å². The van der Waals surface area contributed by atoms with Crippen molar-refractivity contribution in [2.75, 3.05) is 6.61 Å². The molecule has 1 heterocycles. The molecule has 0 radical (unpaired) electrons. The van der Waals surface area contributed by atoms with E-state index >= 15 is 0 Å². The van der Waals surface area contributed by atoms with Crippen LogP contribution in [-0.4, -0.2) is 38.3 Å². The molecule has 25 heavy (non-hydrogen) atoms. The molecule has 7 nitrogen and oxygen atoms in total. The number of hydrogen-bond donors (Lipinski definition) is 2. The Morgan fingerprint density at radius 1 is 1.04 bits per heavy atom. The lowest BCUT2D eigenvalue weighted by molar-refractivity contribution is -0.135. The summed E-state index contributed by atoms with van der Waals surface area (Å²) >= 11 is 0. The molecule has 0 aromatic heterocycles. The van der Waals surface area contributed by atoms with E-state index < -0.39 is 33.1 Å². The van der Waals surface area contributed by atoms with E-state index in [9.17, 15) is 18.0 Å². The van der Waals surface area contributed by atoms with Gasteiger partial charge in [-0.3, -0.25) is 9.59 Å². The standard InChI is InChI=1S/C17H16N2O5S/c20-14(11-24-12-7-3-1-4-8-12)18-15-16(21)19-17(15)25(22,23)13-9-5-2-6-10-13/h1-10,15,17H,11H2,(H,18,20)(H,19,21)/t15-,17-/m1/s1. The molecular weight excluding hydrogens is 344 g/mol. The van der Waals surface area contributed by atoms with Crippen molar-refractivity contribution in [2.45, 2.75) is 16.3 Å². The lowest BCUT2D eigenvalue weighted by atomic mass is 10.1. The molecular formula is C17H16N2O5S. The molecule has 8 heteroatoms. The van der Waals surface area contributed by atoms with Gasteiger partial charge in [-0.05, 0) is 24.3 Å². The minimum atomic E-state index is -3.78. The van der Waals surface area contributed by atoms with Crippen LogP contribution in [0.5, 0.6) is 5.75 Å². The van der Waals surface area contributed by atoms with Crippen LogP contribution in [-0.2, 0) is 19.4 Å². The number of rotatable bonds is 6. The largest absolute Gasteiger partial charge is 0.484 e. The lowest BCUT2D eigenvalue weighted by Crippen LogP contribution is -2.71. The van der Waals surface area contributed by atoms with Gasteiger partial charge in [-0.15, -0.1) is 0 Å². The summed E-state index contributed by atoms with van der Waals surface area (Å²) in [5, 5.41) is 3.54. The Labute approximate surface area is 144 Å². The fraction of sp³-hybridized carbons (Fsp3) is 0.176. The van der Waals surface area contributed by atoms with Crippen molar-refractivity contribution in [1.29, 1.82) is 0 Å². The van der Waals surface area contributed by atoms with Crippen molar-refractivity contribution in [3.63, 3.8) is 0 Å². The number of carbonyl (C=O) groups is 2. The fourth-order valence-electron chi connectivity index (χ4n) is 2.39. The van der Waals surface area contributed by atoms with Crippen LogP contribution in [0.2, 0.25) is 0 Å². The average Bonchev–Trinajstić information content (AvgIpc) is 2.64. The van der Waals surface area contributed by atoms with E-state index in [1.54, 1.807) is 42.5 Å². The summed E-state index contributed by atoms with van der Waals surface area (Å²) in [6.45, 7) is -0.314. The zero-order valence-corrected chi connectivity index (χ0v) is 13.9. The van der Waals surface area contributed by atoms with Crippen molar-refractivity contribution >= 4 is 21.7 Å². The summed E-state index contributed by atoms with van der Waals surface area (Å²) in [5.41, 5.74) is 0. The first-order valence-electron chi connectivity index (χ1n) is 7.55. The number of sulfone groups is 1. The topological polar surface area (TPSA) is 102 Å². The van der Waals surface area contributed by atoms with Crippen molar-refractivity contribution in [3.8, 4) is 5.75 Å². The number of carbonyl (C=O) groups excluding carboxylic acids is 2. The fourth-order valence-corrected chi connectivity index (χ4v) is 4.04. The van der Waals surface area contributed by atoms with E-state index in [1.807, 2.05) is 6.07 Å². The second-order valence-corrected chi connectivity index (χ2v) is 7.50. The summed E-state index contributed by atoms with van der Waals surface area (Å²) in [4.78, 5) is 23.7. The van der Waals surface area contributed by atoms with Gasteiger partial charge in [-0.25, -0.2) is 8.42 Å². The Kier molecular flexibility index (Phi) is 4.71. The first-order chi connectivity index (χ1) is 12.0. The lowest BCUT2D eigenvalue weighted by Gasteiger charge is -2.36. The molecule has 0 bridgehead atoms.